The van der Waals surface area contributed by atoms with E-state index in [1.54, 1.807) is 0 Å². The zero-order chi connectivity index (χ0) is 10.4. The van der Waals surface area contributed by atoms with Crippen LogP contribution < -0.4 is 0 Å². The summed E-state index contributed by atoms with van der Waals surface area (Å²) < 4.78 is 0. The van der Waals surface area contributed by atoms with Gasteiger partial charge in [-0.05, 0) is 0 Å². The molecule has 0 N–H and O–H groups in total. The van der Waals surface area contributed by atoms with Gasteiger partial charge in [0, 0.05) is 0 Å². The molecular weight excluding hydrogens is 247 g/mol. The Morgan fingerprint density at radius 3 is 2.00 bits per heavy atom. The predicted octanol–water partition coefficient (Wildman–Crippen LogP) is 4.59. The Hall–Kier alpha value is -0.491. The maximum absolute atomic E-state index is 5.83. The quantitative estimate of drug-likeness (QED) is 0.521. The second kappa shape index (κ2) is 7.76. The smallest absolute Gasteiger partial charge is 0.214 e. The molecule has 0 fully saturated rings. The summed E-state index contributed by atoms with van der Waals surface area (Å²) in [5.74, 6) is 0.549. The van der Waals surface area contributed by atoms with E-state index in [2.05, 4.69) is 19.9 Å². The first-order valence-corrected chi connectivity index (χ1v) is 5.17. The van der Waals surface area contributed by atoms with Gasteiger partial charge < -0.3 is 0 Å². The number of rotatable bonds is 1. The summed E-state index contributed by atoms with van der Waals surface area (Å²) in [5.41, 5.74) is 1.25. The molecule has 0 heterocycles. The molecule has 2 rings (SSSR count). The average molecular weight is 263 g/mol. The third-order valence-corrected chi connectivity index (χ3v) is 2.32. The first-order chi connectivity index (χ1) is 6.72. The van der Waals surface area contributed by atoms with Gasteiger partial charge >= 0.3 is 17.1 Å². The van der Waals surface area contributed by atoms with Gasteiger partial charge in [-0.1, -0.05) is 24.8 Å². The van der Waals surface area contributed by atoms with Crippen molar-refractivity contribution in [1.29, 1.82) is 0 Å². The van der Waals surface area contributed by atoms with Crippen LogP contribution in [0.25, 0.3) is 0 Å². The standard InChI is InChI=1S/C8H10Cl.C5H5.Fe/c1-6(2)7-4-3-5-8(7)9;1-2-4-5-3-1;/h3-6H,1-2H3;1-5H;/q2*-1;+2. The largest absolute Gasteiger partial charge is 2.00 e. The van der Waals surface area contributed by atoms with Crippen molar-refractivity contribution in [2.45, 2.75) is 19.8 Å². The van der Waals surface area contributed by atoms with Crippen LogP contribution in [-0.2, 0) is 17.1 Å². The Morgan fingerprint density at radius 2 is 1.80 bits per heavy atom. The molecule has 0 radical (unpaired) electrons. The molecule has 0 saturated carbocycles. The van der Waals surface area contributed by atoms with Crippen molar-refractivity contribution < 1.29 is 17.1 Å². The maximum atomic E-state index is 5.83. The molecule has 0 atom stereocenters. The fourth-order valence-corrected chi connectivity index (χ4v) is 1.56. The first-order valence-electron chi connectivity index (χ1n) is 4.79. The zero-order valence-electron chi connectivity index (χ0n) is 8.93. The van der Waals surface area contributed by atoms with E-state index in [9.17, 15) is 0 Å². The molecule has 82 valence electrons. The van der Waals surface area contributed by atoms with E-state index in [0.717, 1.165) is 5.02 Å². The molecule has 2 aromatic rings. The van der Waals surface area contributed by atoms with Crippen LogP contribution in [0.4, 0.5) is 0 Å². The Morgan fingerprint density at radius 1 is 1.20 bits per heavy atom. The van der Waals surface area contributed by atoms with E-state index in [1.165, 1.54) is 5.56 Å². The molecule has 0 unspecified atom stereocenters. The Balaban J connectivity index is 0.000000280. The monoisotopic (exact) mass is 262 g/mol. The average Bonchev–Trinajstić information content (AvgIpc) is 2.74. The molecule has 0 saturated heterocycles. The molecule has 0 bridgehead atoms. The van der Waals surface area contributed by atoms with Gasteiger partial charge in [0.2, 0.25) is 0 Å². The van der Waals surface area contributed by atoms with Gasteiger partial charge in [-0.25, -0.2) is 18.2 Å². The minimum atomic E-state index is 0. The summed E-state index contributed by atoms with van der Waals surface area (Å²) in [5, 5.41) is 0.894. The molecule has 2 heteroatoms. The van der Waals surface area contributed by atoms with Gasteiger partial charge in [0.25, 0.3) is 0 Å². The van der Waals surface area contributed by atoms with Gasteiger partial charge in [0.15, 0.2) is 0 Å². The molecule has 15 heavy (non-hydrogen) atoms. The van der Waals surface area contributed by atoms with Crippen molar-refractivity contribution >= 4 is 11.6 Å². The van der Waals surface area contributed by atoms with Gasteiger partial charge in [0.05, 0.1) is 0 Å². The zero-order valence-corrected chi connectivity index (χ0v) is 10.8. The van der Waals surface area contributed by atoms with Crippen molar-refractivity contribution in [3.63, 3.8) is 0 Å². The van der Waals surface area contributed by atoms with Crippen molar-refractivity contribution in [3.8, 4) is 0 Å². The van der Waals surface area contributed by atoms with E-state index in [-0.39, 0.29) is 17.1 Å². The van der Waals surface area contributed by atoms with Crippen LogP contribution in [0.2, 0.25) is 5.02 Å². The minimum absolute atomic E-state index is 0. The Labute approximate surface area is 107 Å². The molecule has 0 aliphatic heterocycles. The molecular formula is C13H15ClFe. The van der Waals surface area contributed by atoms with Crippen LogP contribution >= 0.6 is 11.6 Å². The number of hydrogen-bond donors (Lipinski definition) is 0. The van der Waals surface area contributed by atoms with Crippen molar-refractivity contribution in [2.24, 2.45) is 0 Å². The summed E-state index contributed by atoms with van der Waals surface area (Å²) in [4.78, 5) is 0. The molecule has 0 spiro atoms. The fraction of sp³-hybridized carbons (Fsp3) is 0.231. The van der Waals surface area contributed by atoms with Crippen LogP contribution in [0.15, 0.2) is 48.5 Å². The van der Waals surface area contributed by atoms with Gasteiger partial charge in [-0.15, -0.1) is 17.2 Å². The van der Waals surface area contributed by atoms with Crippen LogP contribution in [0, 0.1) is 0 Å². The minimum Gasteiger partial charge on any atom is -0.214 e. The molecule has 0 amide bonds. The van der Waals surface area contributed by atoms with Crippen molar-refractivity contribution in [2.75, 3.05) is 0 Å². The van der Waals surface area contributed by atoms with Crippen LogP contribution in [0.3, 0.4) is 0 Å². The third kappa shape index (κ3) is 5.22. The molecule has 0 aromatic heterocycles. The van der Waals surface area contributed by atoms with Gasteiger partial charge in [-0.2, -0.15) is 30.3 Å². The summed E-state index contributed by atoms with van der Waals surface area (Å²) in [7, 11) is 0. The summed E-state index contributed by atoms with van der Waals surface area (Å²) in [6.45, 7) is 4.28. The van der Waals surface area contributed by atoms with E-state index in [1.807, 2.05) is 42.5 Å². The number of halogens is 1. The predicted molar refractivity (Wildman–Crippen MR) is 63.2 cm³/mol. The van der Waals surface area contributed by atoms with Gasteiger partial charge in [0.1, 0.15) is 0 Å². The van der Waals surface area contributed by atoms with Crippen LogP contribution in [-0.4, -0.2) is 0 Å². The Bertz CT molecular complexity index is 316. The summed E-state index contributed by atoms with van der Waals surface area (Å²) in [6, 6.07) is 16.0. The van der Waals surface area contributed by atoms with Crippen molar-refractivity contribution in [1.82, 2.24) is 0 Å². The maximum Gasteiger partial charge on any atom is 2.00 e. The summed E-state index contributed by atoms with van der Waals surface area (Å²) >= 11 is 5.83. The second-order valence-electron chi connectivity index (χ2n) is 3.45. The molecule has 0 nitrogen and oxygen atoms in total. The third-order valence-electron chi connectivity index (χ3n) is 1.97. The SMILES string of the molecule is CC(C)[c-]1cccc1Cl.[Fe+2].c1cc[cH-]c1. The van der Waals surface area contributed by atoms with Crippen LogP contribution in [0.1, 0.15) is 25.3 Å². The normalized spacial score (nSPS) is 9.07. The van der Waals surface area contributed by atoms with E-state index in [4.69, 9.17) is 11.6 Å². The van der Waals surface area contributed by atoms with E-state index in [0.29, 0.717) is 5.92 Å². The van der Waals surface area contributed by atoms with E-state index >= 15 is 0 Å². The molecule has 0 aliphatic rings. The van der Waals surface area contributed by atoms with E-state index < -0.39 is 0 Å². The molecule has 2 aromatic carbocycles. The summed E-state index contributed by atoms with van der Waals surface area (Å²) in [6.07, 6.45) is 0. The molecule has 0 aliphatic carbocycles. The Kier molecular flexibility index (Phi) is 7.50. The fourth-order valence-electron chi connectivity index (χ4n) is 1.20. The second-order valence-corrected chi connectivity index (χ2v) is 3.85. The first kappa shape index (κ1) is 14.5. The van der Waals surface area contributed by atoms with Gasteiger partial charge in [-0.3, -0.25) is 0 Å². The number of hydrogen-bond acceptors (Lipinski definition) is 0. The van der Waals surface area contributed by atoms with Crippen molar-refractivity contribution in [3.05, 3.63) is 59.1 Å². The topological polar surface area (TPSA) is 0 Å². The van der Waals surface area contributed by atoms with Crippen LogP contribution in [0.5, 0.6) is 0 Å².